The van der Waals surface area contributed by atoms with Gasteiger partial charge in [-0.25, -0.2) is 0 Å². The van der Waals surface area contributed by atoms with Crippen molar-refractivity contribution in [2.45, 2.75) is 32.9 Å². The molecule has 15 heavy (non-hydrogen) atoms. The number of carbonyl (C=O) groups excluding carboxylic acids is 1. The lowest BCUT2D eigenvalue weighted by Gasteiger charge is -2.12. The van der Waals surface area contributed by atoms with E-state index in [9.17, 15) is 4.79 Å². The van der Waals surface area contributed by atoms with Gasteiger partial charge in [-0.1, -0.05) is 19.1 Å². The number of carbonyl (C=O) groups is 1. The minimum atomic E-state index is -0.475. The Balaban J connectivity index is 2.29. The first-order valence-corrected chi connectivity index (χ1v) is 4.85. The van der Waals surface area contributed by atoms with Crippen molar-refractivity contribution in [1.29, 1.82) is 0 Å². The van der Waals surface area contributed by atoms with E-state index in [0.29, 0.717) is 18.2 Å². The highest BCUT2D eigenvalue weighted by Crippen LogP contribution is 2.02. The van der Waals surface area contributed by atoms with Gasteiger partial charge in [-0.2, -0.15) is 5.21 Å². The molecule has 0 saturated carbocycles. The van der Waals surface area contributed by atoms with E-state index in [-0.39, 0.29) is 12.5 Å². The van der Waals surface area contributed by atoms with Crippen LogP contribution in [-0.2, 0) is 11.3 Å². The molecule has 1 atom stereocenters. The number of hydrogen-bond acceptors (Lipinski definition) is 5. The average Bonchev–Trinajstić information content (AvgIpc) is 2.65. The molecule has 7 nitrogen and oxygen atoms in total. The van der Waals surface area contributed by atoms with E-state index >= 15 is 0 Å². The molecule has 0 fully saturated rings. The minimum Gasteiger partial charge on any atom is -0.347 e. The number of rotatable bonds is 5. The van der Waals surface area contributed by atoms with E-state index in [1.165, 1.54) is 0 Å². The second-order valence-corrected chi connectivity index (χ2v) is 3.78. The third kappa shape index (κ3) is 4.03. The Morgan fingerprint density at radius 2 is 2.33 bits per heavy atom. The molecule has 7 heteroatoms. The van der Waals surface area contributed by atoms with Crippen LogP contribution in [-0.4, -0.2) is 32.6 Å². The van der Waals surface area contributed by atoms with Crippen LogP contribution in [0.5, 0.6) is 0 Å². The third-order valence-electron chi connectivity index (χ3n) is 1.87. The monoisotopic (exact) mass is 212 g/mol. The summed E-state index contributed by atoms with van der Waals surface area (Å²) in [5, 5.41) is 15.7. The maximum Gasteiger partial charge on any atom is 0.237 e. The highest BCUT2D eigenvalue weighted by molar-refractivity contribution is 5.81. The van der Waals surface area contributed by atoms with Crippen LogP contribution in [0, 0.1) is 5.92 Å². The lowest BCUT2D eigenvalue weighted by atomic mass is 10.0. The lowest BCUT2D eigenvalue weighted by Crippen LogP contribution is -2.41. The maximum absolute atomic E-state index is 11.5. The molecule has 1 aromatic heterocycles. The Morgan fingerprint density at radius 1 is 1.60 bits per heavy atom. The maximum atomic E-state index is 11.5. The molecule has 0 aliphatic carbocycles. The minimum absolute atomic E-state index is 0.187. The van der Waals surface area contributed by atoms with Crippen molar-refractivity contribution >= 4 is 5.91 Å². The number of H-pyrrole nitrogens is 1. The zero-order valence-corrected chi connectivity index (χ0v) is 8.90. The molecule has 0 aliphatic heterocycles. The summed E-state index contributed by atoms with van der Waals surface area (Å²) in [4.78, 5) is 11.5. The zero-order chi connectivity index (χ0) is 11.3. The Bertz CT molecular complexity index is 296. The summed E-state index contributed by atoms with van der Waals surface area (Å²) in [7, 11) is 0. The van der Waals surface area contributed by atoms with Crippen LogP contribution in [0.4, 0.5) is 0 Å². The number of tetrazole rings is 1. The summed E-state index contributed by atoms with van der Waals surface area (Å²) >= 11 is 0. The molecule has 0 bridgehead atoms. The molecular formula is C8H16N6O. The first kappa shape index (κ1) is 11.6. The van der Waals surface area contributed by atoms with Crippen LogP contribution in [0.15, 0.2) is 0 Å². The van der Waals surface area contributed by atoms with Crippen molar-refractivity contribution in [3.05, 3.63) is 5.82 Å². The van der Waals surface area contributed by atoms with Gasteiger partial charge in [0.1, 0.15) is 0 Å². The van der Waals surface area contributed by atoms with Gasteiger partial charge in [0.05, 0.1) is 12.6 Å². The Kier molecular flexibility index (Phi) is 4.17. The molecule has 0 radical (unpaired) electrons. The Labute approximate surface area is 87.8 Å². The summed E-state index contributed by atoms with van der Waals surface area (Å²) in [5.74, 6) is 0.657. The molecule has 4 N–H and O–H groups in total. The standard InChI is InChI=1S/C8H16N6O/c1-5(2)3-6(9)8(15)10-4-7-11-13-14-12-7/h5-6H,3-4,9H2,1-2H3,(H,10,15)(H,11,12,13,14)/t6-/m0/s1. The Morgan fingerprint density at radius 3 is 2.87 bits per heavy atom. The number of nitrogens with two attached hydrogens (primary N) is 1. The smallest absolute Gasteiger partial charge is 0.237 e. The van der Waals surface area contributed by atoms with Crippen molar-refractivity contribution < 1.29 is 4.79 Å². The summed E-state index contributed by atoms with van der Waals surface area (Å²) in [5.41, 5.74) is 5.68. The van der Waals surface area contributed by atoms with Crippen molar-refractivity contribution in [2.24, 2.45) is 11.7 Å². The second-order valence-electron chi connectivity index (χ2n) is 3.78. The number of amides is 1. The Hall–Kier alpha value is -1.50. The van der Waals surface area contributed by atoms with Crippen molar-refractivity contribution in [3.8, 4) is 0 Å². The highest BCUT2D eigenvalue weighted by Gasteiger charge is 2.14. The fourth-order valence-electron chi connectivity index (χ4n) is 1.17. The average molecular weight is 212 g/mol. The SMILES string of the molecule is CC(C)C[C@H](N)C(=O)NCc1nn[nH]n1. The van der Waals surface area contributed by atoms with Crippen LogP contribution in [0.25, 0.3) is 0 Å². The van der Waals surface area contributed by atoms with Crippen molar-refractivity contribution in [2.75, 3.05) is 0 Å². The molecule has 1 heterocycles. The van der Waals surface area contributed by atoms with Gasteiger partial charge in [-0.15, -0.1) is 10.2 Å². The molecular weight excluding hydrogens is 196 g/mol. The lowest BCUT2D eigenvalue weighted by molar-refractivity contribution is -0.122. The van der Waals surface area contributed by atoms with Gasteiger partial charge in [0.2, 0.25) is 5.91 Å². The van der Waals surface area contributed by atoms with E-state index in [2.05, 4.69) is 25.9 Å². The van der Waals surface area contributed by atoms with Crippen molar-refractivity contribution in [3.63, 3.8) is 0 Å². The van der Waals surface area contributed by atoms with Gasteiger partial charge in [0.25, 0.3) is 0 Å². The number of nitrogens with one attached hydrogen (secondary N) is 2. The topological polar surface area (TPSA) is 110 Å². The highest BCUT2D eigenvalue weighted by atomic mass is 16.2. The fraction of sp³-hybridized carbons (Fsp3) is 0.750. The van der Waals surface area contributed by atoms with Crippen LogP contribution in [0.2, 0.25) is 0 Å². The van der Waals surface area contributed by atoms with Gasteiger partial charge in [-0.3, -0.25) is 4.79 Å². The predicted molar refractivity (Wildman–Crippen MR) is 53.5 cm³/mol. The van der Waals surface area contributed by atoms with Crippen molar-refractivity contribution in [1.82, 2.24) is 25.9 Å². The van der Waals surface area contributed by atoms with Crippen LogP contribution < -0.4 is 11.1 Å². The summed E-state index contributed by atoms with van der Waals surface area (Å²) in [6.45, 7) is 4.29. The number of aromatic amines is 1. The summed E-state index contributed by atoms with van der Waals surface area (Å²) in [6, 6.07) is -0.475. The number of aromatic nitrogens is 4. The van der Waals surface area contributed by atoms with E-state index in [0.717, 1.165) is 0 Å². The van der Waals surface area contributed by atoms with Crippen LogP contribution in [0.1, 0.15) is 26.1 Å². The summed E-state index contributed by atoms with van der Waals surface area (Å²) in [6.07, 6.45) is 0.665. The fourth-order valence-corrected chi connectivity index (χ4v) is 1.17. The van der Waals surface area contributed by atoms with E-state index < -0.39 is 6.04 Å². The van der Waals surface area contributed by atoms with Gasteiger partial charge in [0, 0.05) is 0 Å². The second kappa shape index (κ2) is 5.40. The molecule has 0 unspecified atom stereocenters. The first-order valence-electron chi connectivity index (χ1n) is 4.85. The van der Waals surface area contributed by atoms with Crippen LogP contribution >= 0.6 is 0 Å². The molecule has 0 aliphatic rings. The van der Waals surface area contributed by atoms with Gasteiger partial charge in [0.15, 0.2) is 5.82 Å². The molecule has 1 amide bonds. The number of nitrogens with zero attached hydrogens (tertiary/aromatic N) is 3. The van der Waals surface area contributed by atoms with Gasteiger partial charge >= 0.3 is 0 Å². The molecule has 1 rings (SSSR count). The molecule has 1 aromatic rings. The van der Waals surface area contributed by atoms with E-state index in [4.69, 9.17) is 5.73 Å². The van der Waals surface area contributed by atoms with E-state index in [1.54, 1.807) is 0 Å². The third-order valence-corrected chi connectivity index (χ3v) is 1.87. The van der Waals surface area contributed by atoms with Gasteiger partial charge < -0.3 is 11.1 Å². The predicted octanol–water partition coefficient (Wildman–Crippen LogP) is -0.811. The quantitative estimate of drug-likeness (QED) is 0.591. The van der Waals surface area contributed by atoms with E-state index in [1.807, 2.05) is 13.8 Å². The molecule has 0 saturated heterocycles. The normalized spacial score (nSPS) is 12.8. The van der Waals surface area contributed by atoms with Crippen LogP contribution in [0.3, 0.4) is 0 Å². The van der Waals surface area contributed by atoms with Gasteiger partial charge in [-0.05, 0) is 12.3 Å². The molecule has 84 valence electrons. The number of hydrogen-bond donors (Lipinski definition) is 3. The molecule has 0 spiro atoms. The largest absolute Gasteiger partial charge is 0.347 e. The summed E-state index contributed by atoms with van der Waals surface area (Å²) < 4.78 is 0. The zero-order valence-electron chi connectivity index (χ0n) is 8.90. The molecule has 0 aromatic carbocycles. The first-order chi connectivity index (χ1) is 7.09.